The van der Waals surface area contributed by atoms with E-state index < -0.39 is 16.9 Å². The van der Waals surface area contributed by atoms with Gasteiger partial charge in [0.1, 0.15) is 6.04 Å². The number of amides is 1. The van der Waals surface area contributed by atoms with Gasteiger partial charge >= 0.3 is 5.97 Å². The average Bonchev–Trinajstić information content (AvgIpc) is 3.01. The molecule has 0 aliphatic carbocycles. The fraction of sp³-hybridized carbons (Fsp3) is 0.429. The van der Waals surface area contributed by atoms with E-state index >= 15 is 0 Å². The van der Waals surface area contributed by atoms with Crippen molar-refractivity contribution < 1.29 is 19.3 Å². The average molecular weight is 307 g/mol. The van der Waals surface area contributed by atoms with Crippen LogP contribution in [0.15, 0.2) is 24.3 Å². The Morgan fingerprint density at radius 1 is 1.27 bits per heavy atom. The number of benzene rings is 1. The fourth-order valence-corrected chi connectivity index (χ4v) is 2.31. The summed E-state index contributed by atoms with van der Waals surface area (Å²) in [5.74, 6) is -0.784. The zero-order valence-corrected chi connectivity index (χ0v) is 12.2. The highest BCUT2D eigenvalue weighted by atomic mass is 16.7. The summed E-state index contributed by atoms with van der Waals surface area (Å²) in [4.78, 5) is 40.1. The van der Waals surface area contributed by atoms with Gasteiger partial charge in [0, 0.05) is 32.1 Å². The third-order valence-corrected chi connectivity index (χ3v) is 3.42. The Morgan fingerprint density at radius 3 is 2.36 bits per heavy atom. The van der Waals surface area contributed by atoms with Gasteiger partial charge in [0.15, 0.2) is 0 Å². The van der Waals surface area contributed by atoms with Crippen LogP contribution < -0.4 is 5.48 Å². The van der Waals surface area contributed by atoms with E-state index in [9.17, 15) is 19.7 Å². The quantitative estimate of drug-likeness (QED) is 0.650. The van der Waals surface area contributed by atoms with Gasteiger partial charge in [0.05, 0.1) is 4.92 Å². The molecule has 0 unspecified atom stereocenters. The first-order chi connectivity index (χ1) is 10.5. The van der Waals surface area contributed by atoms with Gasteiger partial charge in [-0.15, -0.1) is 5.48 Å². The number of hydrogen-bond acceptors (Lipinski definition) is 6. The van der Waals surface area contributed by atoms with E-state index in [1.807, 2.05) is 0 Å². The normalized spacial score (nSPS) is 15.4. The molecule has 1 amide bonds. The predicted molar refractivity (Wildman–Crippen MR) is 76.6 cm³/mol. The molecule has 1 fully saturated rings. The molecular formula is C14H17N3O5. The summed E-state index contributed by atoms with van der Waals surface area (Å²) >= 11 is 0. The van der Waals surface area contributed by atoms with Crippen molar-refractivity contribution in [1.29, 1.82) is 0 Å². The van der Waals surface area contributed by atoms with E-state index in [2.05, 4.69) is 5.48 Å². The number of nitrogens with one attached hydrogen (secondary N) is 1. The van der Waals surface area contributed by atoms with Crippen LogP contribution in [0.5, 0.6) is 0 Å². The molecule has 1 saturated heterocycles. The number of nitrogens with zero attached hydrogens (tertiary/aromatic N) is 2. The van der Waals surface area contributed by atoms with Gasteiger partial charge in [-0.3, -0.25) is 19.7 Å². The van der Waals surface area contributed by atoms with Gasteiger partial charge < -0.3 is 9.74 Å². The Bertz CT molecular complexity index is 566. The molecule has 0 saturated carbocycles. The first-order valence-corrected chi connectivity index (χ1v) is 6.95. The molecule has 1 atom stereocenters. The molecule has 22 heavy (non-hydrogen) atoms. The summed E-state index contributed by atoms with van der Waals surface area (Å²) in [6.45, 7) is 2.54. The van der Waals surface area contributed by atoms with Crippen molar-refractivity contribution in [2.75, 3.05) is 13.1 Å². The van der Waals surface area contributed by atoms with E-state index in [1.54, 1.807) is 4.90 Å². The largest absolute Gasteiger partial charge is 0.370 e. The van der Waals surface area contributed by atoms with Crippen LogP contribution in [-0.4, -0.2) is 34.8 Å². The number of carbonyl (C=O) groups excluding carboxylic acids is 2. The third-order valence-electron chi connectivity index (χ3n) is 3.42. The predicted octanol–water partition coefficient (Wildman–Crippen LogP) is 1.33. The van der Waals surface area contributed by atoms with Crippen molar-refractivity contribution in [3.8, 4) is 0 Å². The number of carbonyl (C=O) groups is 2. The third kappa shape index (κ3) is 3.79. The van der Waals surface area contributed by atoms with Gasteiger partial charge in [0.25, 0.3) is 5.69 Å². The highest BCUT2D eigenvalue weighted by molar-refractivity contribution is 5.83. The molecule has 1 N–H and O–H groups in total. The Hall–Kier alpha value is -2.48. The van der Waals surface area contributed by atoms with E-state index in [0.29, 0.717) is 18.7 Å². The van der Waals surface area contributed by atoms with Crippen molar-refractivity contribution in [3.05, 3.63) is 39.9 Å². The van der Waals surface area contributed by atoms with Gasteiger partial charge in [-0.1, -0.05) is 0 Å². The number of hydrogen-bond donors (Lipinski definition) is 1. The number of nitro benzene ring substituents is 1. The molecule has 0 spiro atoms. The minimum atomic E-state index is -0.872. The lowest BCUT2D eigenvalue weighted by molar-refractivity contribution is -0.384. The van der Waals surface area contributed by atoms with Crippen LogP contribution in [0.25, 0.3) is 0 Å². The van der Waals surface area contributed by atoms with Crippen molar-refractivity contribution in [2.24, 2.45) is 0 Å². The van der Waals surface area contributed by atoms with E-state index in [0.717, 1.165) is 12.8 Å². The zero-order chi connectivity index (χ0) is 16.1. The van der Waals surface area contributed by atoms with Gasteiger partial charge in [-0.2, -0.15) is 0 Å². The lowest BCUT2D eigenvalue weighted by atomic mass is 10.1. The van der Waals surface area contributed by atoms with Crippen LogP contribution in [0.4, 0.5) is 5.69 Å². The second kappa shape index (κ2) is 6.99. The van der Waals surface area contributed by atoms with Gasteiger partial charge in [-0.25, -0.2) is 0 Å². The van der Waals surface area contributed by atoms with E-state index in [4.69, 9.17) is 4.84 Å². The van der Waals surface area contributed by atoms with Gasteiger partial charge in [-0.05, 0) is 30.5 Å². The van der Waals surface area contributed by atoms with Crippen molar-refractivity contribution in [3.63, 3.8) is 0 Å². The highest BCUT2D eigenvalue weighted by Gasteiger charge is 2.29. The summed E-state index contributed by atoms with van der Waals surface area (Å²) in [7, 11) is 0. The lowest BCUT2D eigenvalue weighted by Gasteiger charge is -2.23. The first kappa shape index (κ1) is 15.9. The maximum atomic E-state index is 12.5. The summed E-state index contributed by atoms with van der Waals surface area (Å²) in [6.07, 6.45) is 1.87. The molecule has 1 aromatic rings. The molecule has 0 bridgehead atoms. The number of non-ortho nitro benzene ring substituents is 1. The monoisotopic (exact) mass is 307 g/mol. The zero-order valence-electron chi connectivity index (χ0n) is 12.2. The molecule has 1 aliphatic rings. The Kier molecular flexibility index (Phi) is 5.05. The van der Waals surface area contributed by atoms with Crippen LogP contribution in [-0.2, 0) is 14.4 Å². The van der Waals surface area contributed by atoms with Crippen LogP contribution in [0, 0.1) is 10.1 Å². The van der Waals surface area contributed by atoms with Crippen LogP contribution in [0.1, 0.15) is 31.4 Å². The molecule has 1 aliphatic heterocycles. The maximum Gasteiger partial charge on any atom is 0.321 e. The molecule has 0 aromatic heterocycles. The Labute approximate surface area is 127 Å². The Balaban J connectivity index is 2.20. The Morgan fingerprint density at radius 2 is 1.86 bits per heavy atom. The number of hydroxylamine groups is 1. The maximum absolute atomic E-state index is 12.5. The first-order valence-electron chi connectivity index (χ1n) is 6.95. The SMILES string of the molecule is CC(=O)ON[C@@H](C(=O)N1CCCC1)c1ccc([N+](=O)[O-])cc1. The molecule has 1 heterocycles. The topological polar surface area (TPSA) is 102 Å². The van der Waals surface area contributed by atoms with Crippen LogP contribution in [0.2, 0.25) is 0 Å². The molecule has 118 valence electrons. The lowest BCUT2D eigenvalue weighted by Crippen LogP contribution is -2.40. The molecule has 2 rings (SSSR count). The number of rotatable bonds is 5. The highest BCUT2D eigenvalue weighted by Crippen LogP contribution is 2.22. The van der Waals surface area contributed by atoms with Crippen molar-refractivity contribution in [1.82, 2.24) is 10.4 Å². The van der Waals surface area contributed by atoms with Gasteiger partial charge in [0.2, 0.25) is 5.91 Å². The van der Waals surface area contributed by atoms with E-state index in [1.165, 1.54) is 31.2 Å². The number of likely N-dealkylation sites (tertiary alicyclic amines) is 1. The molecule has 8 heteroatoms. The van der Waals surface area contributed by atoms with Crippen molar-refractivity contribution >= 4 is 17.6 Å². The minimum Gasteiger partial charge on any atom is -0.370 e. The molecule has 1 aromatic carbocycles. The van der Waals surface area contributed by atoms with Crippen molar-refractivity contribution in [2.45, 2.75) is 25.8 Å². The summed E-state index contributed by atoms with van der Waals surface area (Å²) in [5, 5.41) is 10.7. The van der Waals surface area contributed by atoms with Crippen LogP contribution in [0.3, 0.4) is 0 Å². The second-order valence-electron chi connectivity index (χ2n) is 5.03. The van der Waals surface area contributed by atoms with E-state index in [-0.39, 0.29) is 11.6 Å². The molecule has 0 radical (unpaired) electrons. The molecule has 8 nitrogen and oxygen atoms in total. The summed E-state index contributed by atoms with van der Waals surface area (Å²) < 4.78 is 0. The second-order valence-corrected chi connectivity index (χ2v) is 5.03. The summed E-state index contributed by atoms with van der Waals surface area (Å²) in [5.41, 5.74) is 2.89. The van der Waals surface area contributed by atoms with Crippen LogP contribution >= 0.6 is 0 Å². The fourth-order valence-electron chi connectivity index (χ4n) is 2.31. The minimum absolute atomic E-state index is 0.0661. The molecular weight excluding hydrogens is 290 g/mol. The smallest absolute Gasteiger partial charge is 0.321 e. The standard InChI is InChI=1S/C14H17N3O5/c1-10(18)22-15-13(14(19)16-8-2-3-9-16)11-4-6-12(7-5-11)17(20)21/h4-7,13,15H,2-3,8-9H2,1H3/t13-/m1/s1. The number of nitro groups is 1. The summed E-state index contributed by atoms with van der Waals surface area (Å²) in [6, 6.07) is 4.72.